The molecule has 110 valence electrons. The Balaban J connectivity index is 0.00000147. The van der Waals surface area contributed by atoms with Crippen LogP contribution in [0.2, 0.25) is 0 Å². The second-order valence-electron chi connectivity index (χ2n) is 4.60. The van der Waals surface area contributed by atoms with Gasteiger partial charge in [0.25, 0.3) is 5.88 Å². The number of hydrogen-bond donors (Lipinski definition) is 0. The van der Waals surface area contributed by atoms with E-state index in [4.69, 9.17) is 9.72 Å². The zero-order valence-corrected chi connectivity index (χ0v) is 16.4. The highest BCUT2D eigenvalue weighted by atomic mass is 79.9. The maximum atomic E-state index is 6.12. The van der Waals surface area contributed by atoms with Crippen molar-refractivity contribution in [1.82, 2.24) is 4.98 Å². The lowest BCUT2D eigenvalue weighted by Gasteiger charge is -2.01. The van der Waals surface area contributed by atoms with Crippen LogP contribution < -0.4 is 26.3 Å². The van der Waals surface area contributed by atoms with Crippen molar-refractivity contribution in [2.24, 2.45) is 0 Å². The molecule has 3 rings (SSSR count). The highest BCUT2D eigenvalue weighted by molar-refractivity contribution is 9.09. The summed E-state index contributed by atoms with van der Waals surface area (Å²) in [5.74, 6) is 2.03. The minimum absolute atomic E-state index is 0. The Morgan fingerprint density at radius 1 is 1.50 bits per heavy atom. The number of fused-ring (bicyclic) bond motifs is 3. The molecule has 0 spiro atoms. The van der Waals surface area contributed by atoms with Crippen LogP contribution in [0.3, 0.4) is 0 Å². The third kappa shape index (κ3) is 2.62. The molecule has 2 aromatic rings. The average molecular weight is 440 g/mol. The van der Waals surface area contributed by atoms with Crippen molar-refractivity contribution in [3.05, 3.63) is 10.4 Å². The topological polar surface area (TPSA) is 26.0 Å². The summed E-state index contributed by atoms with van der Waals surface area (Å²) in [4.78, 5) is 7.27. The van der Waals surface area contributed by atoms with Crippen LogP contribution in [0.15, 0.2) is 5.16 Å². The molecular formula is C13H16Br2N2OS2. The molecule has 3 heterocycles. The minimum atomic E-state index is 0. The highest BCUT2D eigenvalue weighted by Gasteiger charge is 2.35. The summed E-state index contributed by atoms with van der Waals surface area (Å²) in [5, 5.41) is 3.13. The second-order valence-corrected chi connectivity index (χ2v) is 7.68. The van der Waals surface area contributed by atoms with Crippen molar-refractivity contribution in [2.45, 2.75) is 38.6 Å². The molecule has 0 aromatic carbocycles. The van der Waals surface area contributed by atoms with Gasteiger partial charge < -0.3 is 21.7 Å². The van der Waals surface area contributed by atoms with Gasteiger partial charge in [-0.3, -0.25) is 0 Å². The molecule has 1 atom stereocenters. The van der Waals surface area contributed by atoms with Crippen molar-refractivity contribution >= 4 is 49.2 Å². The number of hydrogen-bond acceptors (Lipinski definition) is 4. The van der Waals surface area contributed by atoms with Crippen LogP contribution in [-0.4, -0.2) is 22.2 Å². The second kappa shape index (κ2) is 6.50. The van der Waals surface area contributed by atoms with Crippen LogP contribution in [0.4, 0.5) is 0 Å². The van der Waals surface area contributed by atoms with Crippen molar-refractivity contribution in [1.29, 1.82) is 0 Å². The lowest BCUT2D eigenvalue weighted by atomic mass is 10.2. The largest absolute Gasteiger partial charge is 1.00 e. The number of aromatic nitrogens is 2. The highest BCUT2D eigenvalue weighted by Crippen LogP contribution is 2.37. The van der Waals surface area contributed by atoms with Gasteiger partial charge in [-0.05, 0) is 36.2 Å². The first-order valence-corrected chi connectivity index (χ1v) is 9.27. The van der Waals surface area contributed by atoms with Crippen LogP contribution in [0.1, 0.15) is 17.4 Å². The molecule has 0 saturated carbocycles. The Morgan fingerprint density at radius 2 is 2.25 bits per heavy atom. The van der Waals surface area contributed by atoms with Gasteiger partial charge in [0, 0.05) is 16.0 Å². The molecule has 1 aliphatic heterocycles. The minimum Gasteiger partial charge on any atom is -1.00 e. The Morgan fingerprint density at radius 3 is 2.90 bits per heavy atom. The van der Waals surface area contributed by atoms with E-state index in [-0.39, 0.29) is 23.1 Å². The van der Waals surface area contributed by atoms with Crippen molar-refractivity contribution < 1.29 is 26.3 Å². The number of alkyl halides is 1. The summed E-state index contributed by atoms with van der Waals surface area (Å²) in [7, 11) is 0. The number of ether oxygens (including phenoxy) is 1. The van der Waals surface area contributed by atoms with Gasteiger partial charge in [0.2, 0.25) is 4.83 Å². The van der Waals surface area contributed by atoms with Crippen LogP contribution in [0.5, 0.6) is 5.88 Å². The van der Waals surface area contributed by atoms with Crippen molar-refractivity contribution in [3.8, 4) is 5.88 Å². The molecule has 7 heteroatoms. The predicted molar refractivity (Wildman–Crippen MR) is 83.9 cm³/mol. The molecule has 0 radical (unpaired) electrons. The van der Waals surface area contributed by atoms with Gasteiger partial charge >= 0.3 is 5.16 Å². The standard InChI is InChI=1S/C13H16BrN2OS2.BrH/c1-4-18-13-15-11-10(7(2)8(3)19-11)12-16(13)6-9(5-14)17-12;/h9H,4-6H2,1-3H3;1H/q+1;/p-1. The Kier molecular flexibility index (Phi) is 5.37. The van der Waals surface area contributed by atoms with E-state index in [0.717, 1.165) is 33.5 Å². The molecule has 0 amide bonds. The molecule has 0 bridgehead atoms. The lowest BCUT2D eigenvalue weighted by molar-refractivity contribution is -0.721. The fraction of sp³-hybridized carbons (Fsp3) is 0.538. The number of halogens is 2. The molecule has 2 aromatic heterocycles. The van der Waals surface area contributed by atoms with Crippen LogP contribution in [0, 0.1) is 13.8 Å². The fourth-order valence-electron chi connectivity index (χ4n) is 2.31. The summed E-state index contributed by atoms with van der Waals surface area (Å²) in [6.07, 6.45) is 0.211. The van der Waals surface area contributed by atoms with Crippen LogP contribution in [0.25, 0.3) is 10.2 Å². The van der Waals surface area contributed by atoms with Crippen LogP contribution in [-0.2, 0) is 6.54 Å². The smallest absolute Gasteiger partial charge is 0.363 e. The molecule has 3 nitrogen and oxygen atoms in total. The van der Waals surface area contributed by atoms with E-state index in [1.54, 1.807) is 23.1 Å². The first-order chi connectivity index (χ1) is 9.15. The van der Waals surface area contributed by atoms with Crippen molar-refractivity contribution in [3.63, 3.8) is 0 Å². The van der Waals surface area contributed by atoms with Gasteiger partial charge in [-0.1, -0.05) is 34.2 Å². The van der Waals surface area contributed by atoms with E-state index in [2.05, 4.69) is 41.3 Å². The number of nitrogens with zero attached hydrogens (tertiary/aromatic N) is 2. The van der Waals surface area contributed by atoms with E-state index in [1.807, 2.05) is 0 Å². The van der Waals surface area contributed by atoms with E-state index >= 15 is 0 Å². The average Bonchev–Trinajstić information content (AvgIpc) is 2.92. The number of rotatable bonds is 3. The maximum Gasteiger partial charge on any atom is 0.363 e. The summed E-state index contributed by atoms with van der Waals surface area (Å²) < 4.78 is 8.36. The molecule has 1 unspecified atom stereocenters. The lowest BCUT2D eigenvalue weighted by Crippen LogP contribution is -3.00. The Bertz CT molecular complexity index is 645. The molecule has 0 fully saturated rings. The van der Waals surface area contributed by atoms with Crippen molar-refractivity contribution in [2.75, 3.05) is 11.1 Å². The molecule has 0 aliphatic carbocycles. The number of thiophene rings is 1. The van der Waals surface area contributed by atoms with Gasteiger partial charge in [-0.15, -0.1) is 0 Å². The first-order valence-electron chi connectivity index (χ1n) is 6.34. The monoisotopic (exact) mass is 438 g/mol. The zero-order valence-electron chi connectivity index (χ0n) is 11.6. The number of thioether (sulfide) groups is 1. The molecule has 20 heavy (non-hydrogen) atoms. The summed E-state index contributed by atoms with van der Waals surface area (Å²) in [6, 6.07) is 0. The van der Waals surface area contributed by atoms with E-state index in [0.29, 0.717) is 0 Å². The molecule has 0 N–H and O–H groups in total. The van der Waals surface area contributed by atoms with Gasteiger partial charge in [0.1, 0.15) is 18.0 Å². The fourth-order valence-corrected chi connectivity index (χ4v) is 4.45. The normalized spacial score (nSPS) is 16.9. The zero-order chi connectivity index (χ0) is 13.6. The molecular weight excluding hydrogens is 424 g/mol. The predicted octanol–water partition coefficient (Wildman–Crippen LogP) is 0.473. The summed E-state index contributed by atoms with van der Waals surface area (Å²) in [5.41, 5.74) is 1.31. The van der Waals surface area contributed by atoms with Gasteiger partial charge in [-0.2, -0.15) is 4.57 Å². The van der Waals surface area contributed by atoms with E-state index in [1.165, 1.54) is 15.8 Å². The third-order valence-corrected chi connectivity index (χ3v) is 6.05. The third-order valence-electron chi connectivity index (χ3n) is 3.36. The SMILES string of the molecule is CCSc1nc2sc(C)c(C)c2c2[n+]1CC(CBr)O2.[Br-]. The van der Waals surface area contributed by atoms with Gasteiger partial charge in [0.05, 0.1) is 0 Å². The van der Waals surface area contributed by atoms with E-state index < -0.39 is 0 Å². The number of aryl methyl sites for hydroxylation is 2. The van der Waals surface area contributed by atoms with E-state index in [9.17, 15) is 0 Å². The van der Waals surface area contributed by atoms with Gasteiger partial charge in [0.15, 0.2) is 0 Å². The molecule has 0 saturated heterocycles. The summed E-state index contributed by atoms with van der Waals surface area (Å²) >= 11 is 7.07. The summed E-state index contributed by atoms with van der Waals surface area (Å²) in [6.45, 7) is 7.36. The maximum absolute atomic E-state index is 6.12. The first kappa shape index (κ1) is 16.5. The Labute approximate surface area is 146 Å². The quantitative estimate of drug-likeness (QED) is 0.301. The van der Waals surface area contributed by atoms with Crippen LogP contribution >= 0.6 is 39.0 Å². The Hall–Kier alpha value is 0.150. The molecule has 1 aliphatic rings. The van der Waals surface area contributed by atoms with Gasteiger partial charge in [-0.25, -0.2) is 0 Å².